The van der Waals surface area contributed by atoms with Crippen LogP contribution in [0.2, 0.25) is 0 Å². The Hall–Kier alpha value is -0.610. The molecule has 1 unspecified atom stereocenters. The summed E-state index contributed by atoms with van der Waals surface area (Å²) in [5, 5.41) is 3.04. The Kier molecular flexibility index (Phi) is 5.05. The van der Waals surface area contributed by atoms with Crippen molar-refractivity contribution in [3.05, 3.63) is 28.5 Å². The Bertz CT molecular complexity index is 319. The van der Waals surface area contributed by atoms with Gasteiger partial charge in [0.2, 0.25) is 0 Å². The van der Waals surface area contributed by atoms with Gasteiger partial charge in [-0.3, -0.25) is 0 Å². The molecular formula is C11H15BrFNO. The van der Waals surface area contributed by atoms with Crippen LogP contribution in [0.25, 0.3) is 0 Å². The molecule has 0 amide bonds. The highest BCUT2D eigenvalue weighted by molar-refractivity contribution is 9.10. The summed E-state index contributed by atoms with van der Waals surface area (Å²) in [6.07, 6.45) is 0.942. The van der Waals surface area contributed by atoms with E-state index in [1.807, 2.05) is 14.0 Å². The first kappa shape index (κ1) is 12.5. The predicted molar refractivity (Wildman–Crippen MR) is 62.7 cm³/mol. The van der Waals surface area contributed by atoms with Crippen molar-refractivity contribution in [3.63, 3.8) is 0 Å². The minimum absolute atomic E-state index is 0.0631. The van der Waals surface area contributed by atoms with Gasteiger partial charge < -0.3 is 10.1 Å². The van der Waals surface area contributed by atoms with Crippen LogP contribution in [0.4, 0.5) is 4.39 Å². The molecule has 0 aromatic heterocycles. The van der Waals surface area contributed by atoms with Gasteiger partial charge in [0.25, 0.3) is 0 Å². The first-order valence-electron chi connectivity index (χ1n) is 4.93. The summed E-state index contributed by atoms with van der Waals surface area (Å²) in [4.78, 5) is 0. The Morgan fingerprint density at radius 3 is 2.87 bits per heavy atom. The fourth-order valence-electron chi connectivity index (χ4n) is 1.24. The van der Waals surface area contributed by atoms with Gasteiger partial charge in [-0.2, -0.15) is 0 Å². The van der Waals surface area contributed by atoms with Gasteiger partial charge in [0, 0.05) is 12.6 Å². The molecule has 0 saturated carbocycles. The van der Waals surface area contributed by atoms with E-state index in [0.29, 0.717) is 5.75 Å². The van der Waals surface area contributed by atoms with Gasteiger partial charge in [0.05, 0.1) is 4.47 Å². The topological polar surface area (TPSA) is 21.3 Å². The standard InChI is InChI=1S/C11H15BrFNO/c1-3-9(7-14-2)15-11-6-8(13)4-5-10(11)12/h4-6,9,14H,3,7H2,1-2H3. The van der Waals surface area contributed by atoms with E-state index in [2.05, 4.69) is 21.2 Å². The Morgan fingerprint density at radius 1 is 1.53 bits per heavy atom. The third kappa shape index (κ3) is 3.80. The molecule has 1 aromatic carbocycles. The summed E-state index contributed by atoms with van der Waals surface area (Å²) in [7, 11) is 1.87. The fourth-order valence-corrected chi connectivity index (χ4v) is 1.58. The minimum Gasteiger partial charge on any atom is -0.488 e. The summed E-state index contributed by atoms with van der Waals surface area (Å²) in [6.45, 7) is 2.79. The van der Waals surface area contributed by atoms with Crippen LogP contribution in [0.5, 0.6) is 5.75 Å². The lowest BCUT2D eigenvalue weighted by molar-refractivity contribution is 0.194. The zero-order chi connectivity index (χ0) is 11.3. The van der Waals surface area contributed by atoms with Crippen LogP contribution in [0, 0.1) is 5.82 Å². The molecule has 0 aliphatic rings. The maximum Gasteiger partial charge on any atom is 0.136 e. The van der Waals surface area contributed by atoms with E-state index in [-0.39, 0.29) is 11.9 Å². The monoisotopic (exact) mass is 275 g/mol. The van der Waals surface area contributed by atoms with Crippen molar-refractivity contribution in [1.29, 1.82) is 0 Å². The van der Waals surface area contributed by atoms with Crippen LogP contribution >= 0.6 is 15.9 Å². The second-order valence-electron chi connectivity index (χ2n) is 3.28. The average Bonchev–Trinajstić information content (AvgIpc) is 2.22. The van der Waals surface area contributed by atoms with Gasteiger partial charge >= 0.3 is 0 Å². The van der Waals surface area contributed by atoms with E-state index in [4.69, 9.17) is 4.74 Å². The lowest BCUT2D eigenvalue weighted by Crippen LogP contribution is -2.28. The van der Waals surface area contributed by atoms with Crippen LogP contribution in [-0.2, 0) is 0 Å². The fraction of sp³-hybridized carbons (Fsp3) is 0.455. The number of rotatable bonds is 5. The van der Waals surface area contributed by atoms with Crippen molar-refractivity contribution in [3.8, 4) is 5.75 Å². The van der Waals surface area contributed by atoms with Gasteiger partial charge in [-0.25, -0.2) is 4.39 Å². The molecule has 1 rings (SSSR count). The molecule has 1 N–H and O–H groups in total. The zero-order valence-corrected chi connectivity index (χ0v) is 10.5. The zero-order valence-electron chi connectivity index (χ0n) is 8.89. The third-order valence-electron chi connectivity index (χ3n) is 2.07. The molecule has 0 saturated heterocycles. The van der Waals surface area contributed by atoms with E-state index in [1.54, 1.807) is 6.07 Å². The number of halogens is 2. The highest BCUT2D eigenvalue weighted by Crippen LogP contribution is 2.26. The van der Waals surface area contributed by atoms with Gasteiger partial charge in [-0.1, -0.05) is 6.92 Å². The molecule has 0 heterocycles. The quantitative estimate of drug-likeness (QED) is 0.892. The van der Waals surface area contributed by atoms with Crippen molar-refractivity contribution in [2.24, 2.45) is 0 Å². The van der Waals surface area contributed by atoms with E-state index in [1.165, 1.54) is 12.1 Å². The van der Waals surface area contributed by atoms with Gasteiger partial charge in [0.15, 0.2) is 0 Å². The van der Waals surface area contributed by atoms with E-state index < -0.39 is 0 Å². The molecule has 0 aliphatic carbocycles. The number of hydrogen-bond acceptors (Lipinski definition) is 2. The third-order valence-corrected chi connectivity index (χ3v) is 2.73. The van der Waals surface area contributed by atoms with Gasteiger partial charge in [-0.15, -0.1) is 0 Å². The van der Waals surface area contributed by atoms with Crippen LogP contribution in [0.3, 0.4) is 0 Å². The number of likely N-dealkylation sites (N-methyl/N-ethyl adjacent to an activating group) is 1. The molecule has 1 atom stereocenters. The highest BCUT2D eigenvalue weighted by Gasteiger charge is 2.10. The van der Waals surface area contributed by atoms with Gasteiger partial charge in [-0.05, 0) is 41.5 Å². The lowest BCUT2D eigenvalue weighted by atomic mass is 10.2. The first-order valence-corrected chi connectivity index (χ1v) is 5.73. The largest absolute Gasteiger partial charge is 0.488 e. The SMILES string of the molecule is CCC(CNC)Oc1cc(F)ccc1Br. The van der Waals surface area contributed by atoms with Crippen LogP contribution in [-0.4, -0.2) is 19.7 Å². The van der Waals surface area contributed by atoms with Crippen LogP contribution < -0.4 is 10.1 Å². The molecule has 0 fully saturated rings. The van der Waals surface area contributed by atoms with E-state index >= 15 is 0 Å². The molecule has 1 aromatic rings. The molecule has 84 valence electrons. The molecule has 15 heavy (non-hydrogen) atoms. The second-order valence-corrected chi connectivity index (χ2v) is 4.13. The number of ether oxygens (including phenoxy) is 1. The predicted octanol–water partition coefficient (Wildman–Crippen LogP) is 2.97. The molecule has 0 aliphatic heterocycles. The molecule has 0 radical (unpaired) electrons. The minimum atomic E-state index is -0.285. The molecule has 0 bridgehead atoms. The Balaban J connectivity index is 2.73. The van der Waals surface area contributed by atoms with E-state index in [9.17, 15) is 4.39 Å². The summed E-state index contributed by atoms with van der Waals surface area (Å²) in [5.74, 6) is 0.268. The lowest BCUT2D eigenvalue weighted by Gasteiger charge is -2.18. The maximum absolute atomic E-state index is 13.0. The maximum atomic E-state index is 13.0. The summed E-state index contributed by atoms with van der Waals surface area (Å²) in [6, 6.07) is 4.44. The Morgan fingerprint density at radius 2 is 2.27 bits per heavy atom. The number of nitrogens with one attached hydrogen (secondary N) is 1. The van der Waals surface area contributed by atoms with Gasteiger partial charge in [0.1, 0.15) is 17.7 Å². The van der Waals surface area contributed by atoms with Crippen molar-refractivity contribution in [2.45, 2.75) is 19.4 Å². The average molecular weight is 276 g/mol. The van der Waals surface area contributed by atoms with Crippen LogP contribution in [0.1, 0.15) is 13.3 Å². The smallest absolute Gasteiger partial charge is 0.136 e. The molecule has 0 spiro atoms. The number of benzene rings is 1. The molecule has 2 nitrogen and oxygen atoms in total. The summed E-state index contributed by atoms with van der Waals surface area (Å²) < 4.78 is 19.4. The normalized spacial score (nSPS) is 12.5. The second kappa shape index (κ2) is 6.08. The van der Waals surface area contributed by atoms with Crippen molar-refractivity contribution >= 4 is 15.9 Å². The summed E-state index contributed by atoms with van der Waals surface area (Å²) in [5.41, 5.74) is 0. The van der Waals surface area contributed by atoms with Crippen molar-refractivity contribution < 1.29 is 9.13 Å². The van der Waals surface area contributed by atoms with Crippen LogP contribution in [0.15, 0.2) is 22.7 Å². The molecule has 4 heteroatoms. The first-order chi connectivity index (χ1) is 7.17. The summed E-state index contributed by atoms with van der Waals surface area (Å²) >= 11 is 3.33. The van der Waals surface area contributed by atoms with Crippen molar-refractivity contribution in [2.75, 3.05) is 13.6 Å². The Labute approximate surface area is 98.0 Å². The highest BCUT2D eigenvalue weighted by atomic mass is 79.9. The van der Waals surface area contributed by atoms with Crippen molar-refractivity contribution in [1.82, 2.24) is 5.32 Å². The number of hydrogen-bond donors (Lipinski definition) is 1. The molecular weight excluding hydrogens is 261 g/mol. The van der Waals surface area contributed by atoms with E-state index in [0.717, 1.165) is 17.4 Å².